The maximum atomic E-state index is 12.0. The standard InChI is InChI=1S/C15H18NO2S.Y/c1-11-4-9-14(16(2)15(11)17)12-5-7-13(8-6-12)18-10-19-3;/h5-8,11H,4,10H2,1-3H3;/q-1;. The number of nitrogens with zero attached hydrogens (tertiary/aromatic N) is 1. The third-order valence-corrected chi connectivity index (χ3v) is 3.49. The van der Waals surface area contributed by atoms with Crippen molar-refractivity contribution >= 4 is 23.4 Å². The van der Waals surface area contributed by atoms with Crippen LogP contribution in [0.4, 0.5) is 0 Å². The van der Waals surface area contributed by atoms with Gasteiger partial charge >= 0.3 is 0 Å². The Balaban J connectivity index is 0.00000200. The van der Waals surface area contributed by atoms with E-state index in [4.69, 9.17) is 4.74 Å². The Morgan fingerprint density at radius 2 is 2.05 bits per heavy atom. The SMILES string of the molecule is CSCOc1ccc(C2=[C-]CC(C)C(=O)N2C)cc1.[Y]. The maximum absolute atomic E-state index is 12.0. The van der Waals surface area contributed by atoms with Crippen LogP contribution in [0, 0.1) is 12.0 Å². The van der Waals surface area contributed by atoms with Gasteiger partial charge in [-0.1, -0.05) is 13.3 Å². The van der Waals surface area contributed by atoms with Crippen LogP contribution in [0.3, 0.4) is 0 Å². The average molecular weight is 365 g/mol. The first-order chi connectivity index (χ1) is 9.13. The number of hydrogen-bond acceptors (Lipinski definition) is 3. The molecule has 0 fully saturated rings. The first-order valence-electron chi connectivity index (χ1n) is 6.24. The quantitative estimate of drug-likeness (QED) is 0.607. The van der Waals surface area contributed by atoms with Crippen molar-refractivity contribution < 1.29 is 42.2 Å². The van der Waals surface area contributed by atoms with E-state index in [9.17, 15) is 4.79 Å². The van der Waals surface area contributed by atoms with Gasteiger partial charge in [0.2, 0.25) is 5.91 Å². The van der Waals surface area contributed by atoms with E-state index >= 15 is 0 Å². The molecule has 0 spiro atoms. The molecule has 1 unspecified atom stereocenters. The second kappa shape index (κ2) is 8.21. The van der Waals surface area contributed by atoms with Gasteiger partial charge in [-0.2, -0.15) is 5.56 Å². The predicted molar refractivity (Wildman–Crippen MR) is 78.7 cm³/mol. The number of rotatable bonds is 4. The van der Waals surface area contributed by atoms with Crippen LogP contribution in [0.5, 0.6) is 5.75 Å². The van der Waals surface area contributed by atoms with Crippen LogP contribution in [0.2, 0.25) is 0 Å². The van der Waals surface area contributed by atoms with Crippen LogP contribution in [-0.2, 0) is 37.5 Å². The van der Waals surface area contributed by atoms with E-state index in [1.807, 2.05) is 37.4 Å². The molecule has 1 atom stereocenters. The molecule has 105 valence electrons. The summed E-state index contributed by atoms with van der Waals surface area (Å²) in [6.45, 7) is 1.93. The van der Waals surface area contributed by atoms with Crippen LogP contribution >= 0.6 is 11.8 Å². The Hall–Kier alpha value is -0.316. The number of benzene rings is 1. The van der Waals surface area contributed by atoms with Gasteiger partial charge in [0, 0.05) is 45.7 Å². The minimum absolute atomic E-state index is 0. The third-order valence-electron chi connectivity index (χ3n) is 3.13. The molecule has 1 heterocycles. The van der Waals surface area contributed by atoms with E-state index in [0.717, 1.165) is 17.0 Å². The van der Waals surface area contributed by atoms with Gasteiger partial charge in [-0.25, -0.2) is 6.08 Å². The van der Waals surface area contributed by atoms with Crippen molar-refractivity contribution in [3.05, 3.63) is 35.9 Å². The smallest absolute Gasteiger partial charge is 0.225 e. The molecule has 0 aliphatic carbocycles. The number of ether oxygens (including phenoxy) is 1. The van der Waals surface area contributed by atoms with E-state index in [0.29, 0.717) is 12.4 Å². The Bertz CT molecular complexity index is 487. The molecule has 20 heavy (non-hydrogen) atoms. The summed E-state index contributed by atoms with van der Waals surface area (Å²) < 4.78 is 5.52. The van der Waals surface area contributed by atoms with Crippen molar-refractivity contribution in [1.82, 2.24) is 4.90 Å². The zero-order valence-electron chi connectivity index (χ0n) is 12.1. The molecule has 0 saturated heterocycles. The van der Waals surface area contributed by atoms with E-state index < -0.39 is 0 Å². The summed E-state index contributed by atoms with van der Waals surface area (Å²) >= 11 is 1.64. The zero-order chi connectivity index (χ0) is 13.8. The average Bonchev–Trinajstić information content (AvgIpc) is 2.44. The number of carbonyl (C=O) groups excluding carboxylic acids is 1. The predicted octanol–water partition coefficient (Wildman–Crippen LogP) is 3.03. The fraction of sp³-hybridized carbons (Fsp3) is 0.400. The fourth-order valence-corrected chi connectivity index (χ4v) is 2.28. The minimum Gasteiger partial charge on any atom is -0.483 e. The Morgan fingerprint density at radius 3 is 2.65 bits per heavy atom. The van der Waals surface area contributed by atoms with Crippen molar-refractivity contribution in [1.29, 1.82) is 0 Å². The van der Waals surface area contributed by atoms with Crippen LogP contribution in [0.25, 0.3) is 5.70 Å². The monoisotopic (exact) mass is 365 g/mol. The van der Waals surface area contributed by atoms with Crippen molar-refractivity contribution in [3.63, 3.8) is 0 Å². The summed E-state index contributed by atoms with van der Waals surface area (Å²) in [5, 5.41) is 0. The van der Waals surface area contributed by atoms with Gasteiger partial charge in [0.1, 0.15) is 11.7 Å². The van der Waals surface area contributed by atoms with Crippen LogP contribution in [0.1, 0.15) is 18.9 Å². The number of amides is 1. The van der Waals surface area contributed by atoms with Gasteiger partial charge in [0.25, 0.3) is 0 Å². The van der Waals surface area contributed by atoms with Gasteiger partial charge < -0.3 is 9.64 Å². The molecule has 1 aromatic rings. The summed E-state index contributed by atoms with van der Waals surface area (Å²) in [6.07, 6.45) is 5.99. The van der Waals surface area contributed by atoms with Crippen molar-refractivity contribution in [2.75, 3.05) is 19.2 Å². The molecule has 3 nitrogen and oxygen atoms in total. The topological polar surface area (TPSA) is 29.5 Å². The molecule has 0 aromatic heterocycles. The van der Waals surface area contributed by atoms with Crippen LogP contribution in [-0.4, -0.2) is 30.0 Å². The zero-order valence-corrected chi connectivity index (χ0v) is 15.7. The number of carbonyl (C=O) groups is 1. The second-order valence-corrected chi connectivity index (χ2v) is 5.42. The largest absolute Gasteiger partial charge is 0.483 e. The van der Waals surface area contributed by atoms with E-state index in [1.165, 1.54) is 0 Å². The molecule has 1 aliphatic rings. The normalized spacial score (nSPS) is 18.4. The molecule has 1 amide bonds. The molecule has 0 N–H and O–H groups in total. The van der Waals surface area contributed by atoms with Gasteiger partial charge in [-0.3, -0.25) is 4.79 Å². The molecular weight excluding hydrogens is 347 g/mol. The first-order valence-corrected chi connectivity index (χ1v) is 7.63. The second-order valence-electron chi connectivity index (χ2n) is 4.60. The molecule has 1 radical (unpaired) electrons. The molecule has 1 aliphatic heterocycles. The number of thioether (sulfide) groups is 1. The number of allylic oxidation sites excluding steroid dienone is 1. The summed E-state index contributed by atoms with van der Waals surface area (Å²) in [7, 11) is 1.80. The van der Waals surface area contributed by atoms with Gasteiger partial charge in [0.15, 0.2) is 0 Å². The van der Waals surface area contributed by atoms with Gasteiger partial charge in [-0.15, -0.1) is 29.6 Å². The summed E-state index contributed by atoms with van der Waals surface area (Å²) in [6, 6.07) is 7.79. The maximum Gasteiger partial charge on any atom is 0.225 e. The van der Waals surface area contributed by atoms with E-state index in [-0.39, 0.29) is 44.5 Å². The summed E-state index contributed by atoms with van der Waals surface area (Å²) in [5.74, 6) is 1.66. The first kappa shape index (κ1) is 17.7. The Kier molecular flexibility index (Phi) is 7.28. The van der Waals surface area contributed by atoms with Crippen molar-refractivity contribution in [2.45, 2.75) is 13.3 Å². The Morgan fingerprint density at radius 1 is 1.40 bits per heavy atom. The fourth-order valence-electron chi connectivity index (χ4n) is 2.03. The molecule has 0 saturated carbocycles. The third kappa shape index (κ3) is 4.09. The van der Waals surface area contributed by atoms with Gasteiger partial charge in [-0.05, 0) is 18.4 Å². The van der Waals surface area contributed by atoms with Gasteiger partial charge in [0.05, 0.1) is 0 Å². The molecule has 5 heteroatoms. The summed E-state index contributed by atoms with van der Waals surface area (Å²) in [5.41, 5.74) is 1.86. The van der Waals surface area contributed by atoms with Crippen LogP contribution < -0.4 is 4.74 Å². The van der Waals surface area contributed by atoms with Crippen LogP contribution in [0.15, 0.2) is 24.3 Å². The van der Waals surface area contributed by atoms with E-state index in [2.05, 4.69) is 6.08 Å². The van der Waals surface area contributed by atoms with Crippen molar-refractivity contribution in [3.8, 4) is 5.75 Å². The van der Waals surface area contributed by atoms with E-state index in [1.54, 1.807) is 23.7 Å². The molecule has 1 aromatic carbocycles. The molecular formula is C15H18NO2SY-. The Labute approximate surface area is 150 Å². The minimum atomic E-state index is 0. The summed E-state index contributed by atoms with van der Waals surface area (Å²) in [4.78, 5) is 13.6. The van der Waals surface area contributed by atoms with Crippen molar-refractivity contribution in [2.24, 2.45) is 5.92 Å². The number of hydrogen-bond donors (Lipinski definition) is 0. The molecule has 2 rings (SSSR count). The molecule has 0 bridgehead atoms.